The largest absolute Gasteiger partial charge is 0.471 e. The topological polar surface area (TPSA) is 90.9 Å². The SMILES string of the molecule is C=CCC(NC(=O)C(F)(F)F)(C(=O)OC(C)(C)C)P(=O)(OC)OC. The Labute approximate surface area is 138 Å². The number of hydrogen-bond donors (Lipinski definition) is 1. The van der Waals surface area contributed by atoms with E-state index in [2.05, 4.69) is 15.6 Å². The van der Waals surface area contributed by atoms with Gasteiger partial charge in [0.15, 0.2) is 0 Å². The average molecular weight is 375 g/mol. The molecule has 0 saturated heterocycles. The fraction of sp³-hybridized carbons (Fsp3) is 0.692. The van der Waals surface area contributed by atoms with E-state index < -0.39 is 43.0 Å². The maximum absolute atomic E-state index is 12.8. The van der Waals surface area contributed by atoms with Crippen molar-refractivity contribution in [1.29, 1.82) is 0 Å². The second kappa shape index (κ2) is 7.67. The number of rotatable bonds is 7. The Morgan fingerprint density at radius 3 is 1.92 bits per heavy atom. The Kier molecular flexibility index (Phi) is 7.23. The summed E-state index contributed by atoms with van der Waals surface area (Å²) in [6.07, 6.45) is -5.02. The quantitative estimate of drug-likeness (QED) is 0.418. The molecule has 0 radical (unpaired) electrons. The molecule has 1 atom stereocenters. The van der Waals surface area contributed by atoms with Gasteiger partial charge < -0.3 is 19.1 Å². The van der Waals surface area contributed by atoms with Gasteiger partial charge in [-0.2, -0.15) is 13.2 Å². The average Bonchev–Trinajstić information content (AvgIpc) is 2.42. The summed E-state index contributed by atoms with van der Waals surface area (Å²) in [5, 5.41) is -1.32. The van der Waals surface area contributed by atoms with Crippen molar-refractivity contribution in [2.45, 2.75) is 44.2 Å². The van der Waals surface area contributed by atoms with E-state index in [4.69, 9.17) is 4.74 Å². The van der Waals surface area contributed by atoms with E-state index in [0.29, 0.717) is 0 Å². The highest BCUT2D eigenvalue weighted by molar-refractivity contribution is 7.56. The molecule has 0 aromatic rings. The van der Waals surface area contributed by atoms with Crippen LogP contribution in [0.3, 0.4) is 0 Å². The lowest BCUT2D eigenvalue weighted by atomic mass is 10.1. The Bertz CT molecular complexity index is 535. The summed E-state index contributed by atoms with van der Waals surface area (Å²) in [6.45, 7) is 7.64. The van der Waals surface area contributed by atoms with E-state index in [1.54, 1.807) is 0 Å². The van der Waals surface area contributed by atoms with Gasteiger partial charge in [-0.25, -0.2) is 4.79 Å². The molecule has 0 aromatic carbocycles. The van der Waals surface area contributed by atoms with Crippen LogP contribution < -0.4 is 5.32 Å². The minimum absolute atomic E-state index is 0.678. The van der Waals surface area contributed by atoms with Crippen LogP contribution in [0.5, 0.6) is 0 Å². The van der Waals surface area contributed by atoms with Gasteiger partial charge in [0.25, 0.3) is 0 Å². The van der Waals surface area contributed by atoms with Crippen LogP contribution in [0, 0.1) is 0 Å². The summed E-state index contributed by atoms with van der Waals surface area (Å²) in [6, 6.07) is 0. The van der Waals surface area contributed by atoms with Gasteiger partial charge in [-0.1, -0.05) is 6.08 Å². The molecule has 7 nitrogen and oxygen atoms in total. The summed E-state index contributed by atoms with van der Waals surface area (Å²) in [5.74, 6) is -3.90. The lowest BCUT2D eigenvalue weighted by Gasteiger charge is -2.37. The number of nitrogens with one attached hydrogen (secondary N) is 1. The van der Waals surface area contributed by atoms with Gasteiger partial charge in [0.2, 0.25) is 5.28 Å². The van der Waals surface area contributed by atoms with Crippen molar-refractivity contribution in [3.8, 4) is 0 Å². The monoisotopic (exact) mass is 375 g/mol. The van der Waals surface area contributed by atoms with Crippen LogP contribution in [0.4, 0.5) is 13.2 Å². The smallest absolute Gasteiger partial charge is 0.458 e. The molecule has 0 heterocycles. The molecule has 11 heteroatoms. The Morgan fingerprint density at radius 1 is 1.17 bits per heavy atom. The lowest BCUT2D eigenvalue weighted by molar-refractivity contribution is -0.178. The molecule has 0 rings (SSSR count). The third-order valence-electron chi connectivity index (χ3n) is 2.70. The predicted octanol–water partition coefficient (Wildman–Crippen LogP) is 2.76. The first-order chi connectivity index (χ1) is 10.7. The highest BCUT2D eigenvalue weighted by Gasteiger charge is 2.61. The summed E-state index contributed by atoms with van der Waals surface area (Å²) < 4.78 is 65.1. The number of amides is 1. The van der Waals surface area contributed by atoms with E-state index in [0.717, 1.165) is 20.3 Å². The number of carbonyl (C=O) groups excluding carboxylic acids is 2. The molecule has 1 N–H and O–H groups in total. The standard InChI is InChI=1S/C13H21F3NO6P/c1-7-8-12(24(20,21-5)22-6,10(19)23-11(2,3)4)17-9(18)13(14,15)16/h7H,1,8H2,2-6H3,(H,17,18). The van der Waals surface area contributed by atoms with Gasteiger partial charge in [-0.3, -0.25) is 9.36 Å². The van der Waals surface area contributed by atoms with E-state index >= 15 is 0 Å². The molecular weight excluding hydrogens is 354 g/mol. The molecule has 0 aromatic heterocycles. The van der Waals surface area contributed by atoms with Crippen LogP contribution in [-0.4, -0.2) is 43.2 Å². The summed E-state index contributed by atoms with van der Waals surface area (Å²) in [4.78, 5) is 23.9. The molecular formula is C13H21F3NO6P. The summed E-state index contributed by atoms with van der Waals surface area (Å²) >= 11 is 0. The fourth-order valence-corrected chi connectivity index (χ4v) is 3.33. The van der Waals surface area contributed by atoms with Gasteiger partial charge in [0, 0.05) is 20.6 Å². The van der Waals surface area contributed by atoms with Crippen LogP contribution >= 0.6 is 7.60 Å². The number of halogens is 3. The zero-order valence-corrected chi connectivity index (χ0v) is 14.9. The Hall–Kier alpha value is -1.38. The van der Waals surface area contributed by atoms with Crippen molar-refractivity contribution in [2.24, 2.45) is 0 Å². The second-order valence-corrected chi connectivity index (χ2v) is 8.16. The summed E-state index contributed by atoms with van der Waals surface area (Å²) in [7, 11) is -2.85. The maximum atomic E-state index is 12.8. The van der Waals surface area contributed by atoms with Gasteiger partial charge in [-0.15, -0.1) is 6.58 Å². The lowest BCUT2D eigenvalue weighted by Crippen LogP contribution is -2.59. The number of carbonyl (C=O) groups is 2. The van der Waals surface area contributed by atoms with Gasteiger partial charge >= 0.3 is 25.6 Å². The minimum Gasteiger partial charge on any atom is -0.458 e. The second-order valence-electron chi connectivity index (χ2n) is 5.67. The molecule has 0 aliphatic carbocycles. The fourth-order valence-electron chi connectivity index (χ4n) is 1.69. The maximum Gasteiger partial charge on any atom is 0.471 e. The molecule has 0 fully saturated rings. The highest BCUT2D eigenvalue weighted by Crippen LogP contribution is 2.60. The predicted molar refractivity (Wildman–Crippen MR) is 79.2 cm³/mol. The molecule has 1 unspecified atom stereocenters. The van der Waals surface area contributed by atoms with Crippen LogP contribution in [0.15, 0.2) is 12.7 Å². The van der Waals surface area contributed by atoms with E-state index in [1.807, 2.05) is 0 Å². The first-order valence-corrected chi connectivity index (χ1v) is 8.18. The third-order valence-corrected chi connectivity index (χ3v) is 5.08. The van der Waals surface area contributed by atoms with Crippen LogP contribution in [0.25, 0.3) is 0 Å². The number of ether oxygens (including phenoxy) is 1. The van der Waals surface area contributed by atoms with Gasteiger partial charge in [0.05, 0.1) is 0 Å². The summed E-state index contributed by atoms with van der Waals surface area (Å²) in [5.41, 5.74) is -1.14. The third kappa shape index (κ3) is 5.06. The molecule has 1 amide bonds. The number of alkyl halides is 3. The van der Waals surface area contributed by atoms with E-state index in [-0.39, 0.29) is 0 Å². The van der Waals surface area contributed by atoms with Gasteiger partial charge in [0.1, 0.15) is 5.60 Å². The van der Waals surface area contributed by atoms with Crippen LogP contribution in [0.2, 0.25) is 0 Å². The van der Waals surface area contributed by atoms with E-state index in [1.165, 1.54) is 26.1 Å². The Balaban J connectivity index is 6.29. The van der Waals surface area contributed by atoms with Crippen molar-refractivity contribution < 1.29 is 41.1 Å². The van der Waals surface area contributed by atoms with Gasteiger partial charge in [-0.05, 0) is 20.8 Å². The van der Waals surface area contributed by atoms with Crippen molar-refractivity contribution in [2.75, 3.05) is 14.2 Å². The van der Waals surface area contributed by atoms with Crippen molar-refractivity contribution in [3.05, 3.63) is 12.7 Å². The zero-order chi connectivity index (χ0) is 19.4. The zero-order valence-electron chi connectivity index (χ0n) is 14.0. The highest BCUT2D eigenvalue weighted by atomic mass is 31.2. The normalized spacial score (nSPS) is 15.3. The van der Waals surface area contributed by atoms with Crippen LogP contribution in [-0.2, 0) is 27.9 Å². The number of hydrogen-bond acceptors (Lipinski definition) is 6. The first-order valence-electron chi connectivity index (χ1n) is 6.64. The Morgan fingerprint density at radius 2 is 1.62 bits per heavy atom. The molecule has 0 aliphatic heterocycles. The van der Waals surface area contributed by atoms with Crippen molar-refractivity contribution in [3.63, 3.8) is 0 Å². The molecule has 0 saturated carbocycles. The molecule has 24 heavy (non-hydrogen) atoms. The molecule has 0 aliphatic rings. The van der Waals surface area contributed by atoms with Crippen molar-refractivity contribution >= 4 is 19.5 Å². The number of esters is 1. The van der Waals surface area contributed by atoms with Crippen LogP contribution in [0.1, 0.15) is 27.2 Å². The van der Waals surface area contributed by atoms with E-state index in [9.17, 15) is 27.3 Å². The molecule has 0 spiro atoms. The molecule has 140 valence electrons. The first kappa shape index (κ1) is 22.6. The van der Waals surface area contributed by atoms with Crippen molar-refractivity contribution in [1.82, 2.24) is 5.32 Å². The molecule has 0 bridgehead atoms. The minimum atomic E-state index is -5.33.